The van der Waals surface area contributed by atoms with Crippen LogP contribution in [0.2, 0.25) is 0 Å². The van der Waals surface area contributed by atoms with E-state index in [1.807, 2.05) is 0 Å². The van der Waals surface area contributed by atoms with Gasteiger partial charge in [-0.3, -0.25) is 9.59 Å². The molecule has 2 aliphatic rings. The minimum absolute atomic E-state index is 0.755. The minimum Gasteiger partial charge on any atom is -0.354 e. The molecule has 1 saturated carbocycles. The van der Waals surface area contributed by atoms with E-state index in [0.29, 0.717) is 0 Å². The second-order valence-corrected chi connectivity index (χ2v) is 3.87. The van der Waals surface area contributed by atoms with Crippen LogP contribution in [0.15, 0.2) is 24.3 Å². The van der Waals surface area contributed by atoms with Crippen LogP contribution in [0.25, 0.3) is 0 Å². The summed E-state index contributed by atoms with van der Waals surface area (Å²) in [6.45, 7) is 1.53. The van der Waals surface area contributed by atoms with E-state index in [-0.39, 0.29) is 0 Å². The lowest BCUT2D eigenvalue weighted by atomic mass is 9.76. The summed E-state index contributed by atoms with van der Waals surface area (Å²) in [5, 5.41) is 18.6. The summed E-state index contributed by atoms with van der Waals surface area (Å²) in [4.78, 5) is 23.1. The zero-order valence-corrected chi connectivity index (χ0v) is 7.60. The normalized spacial score (nSPS) is 38.9. The Morgan fingerprint density at radius 2 is 1.93 bits per heavy atom. The van der Waals surface area contributed by atoms with E-state index in [4.69, 9.17) is 0 Å². The van der Waals surface area contributed by atoms with Crippen LogP contribution in [0.4, 0.5) is 0 Å². The molecule has 4 nitrogen and oxygen atoms in total. The highest BCUT2D eigenvalue weighted by molar-refractivity contribution is 6.20. The Morgan fingerprint density at radius 1 is 1.29 bits per heavy atom. The molecule has 2 unspecified atom stereocenters. The Bertz CT molecular complexity index is 378. The van der Waals surface area contributed by atoms with Gasteiger partial charge < -0.3 is 10.2 Å². The average Bonchev–Trinajstić information content (AvgIpc) is 2.27. The van der Waals surface area contributed by atoms with Crippen LogP contribution in [0.3, 0.4) is 0 Å². The molecular weight excluding hydrogens is 184 g/mol. The molecule has 1 fully saturated rings. The number of rotatable bonds is 0. The van der Waals surface area contributed by atoms with Crippen LogP contribution in [0, 0.1) is 11.3 Å². The quantitative estimate of drug-likeness (QED) is 0.405. The van der Waals surface area contributed by atoms with E-state index in [9.17, 15) is 19.8 Å². The maximum atomic E-state index is 11.6. The number of aliphatic hydroxyl groups is 2. The number of hydrogen-bond acceptors (Lipinski definition) is 4. The smallest absolute Gasteiger partial charge is 0.287 e. The van der Waals surface area contributed by atoms with Gasteiger partial charge in [-0.15, -0.1) is 0 Å². The van der Waals surface area contributed by atoms with Gasteiger partial charge in [-0.25, -0.2) is 0 Å². The molecule has 0 aromatic rings. The molecule has 74 valence electrons. The van der Waals surface area contributed by atoms with E-state index >= 15 is 0 Å². The Balaban J connectivity index is 2.59. The van der Waals surface area contributed by atoms with E-state index in [2.05, 4.69) is 0 Å². The molecule has 0 saturated heterocycles. The first-order chi connectivity index (χ1) is 6.40. The summed E-state index contributed by atoms with van der Waals surface area (Å²) in [6, 6.07) is 0. The van der Waals surface area contributed by atoms with E-state index in [1.54, 1.807) is 12.2 Å². The molecule has 0 amide bonds. The van der Waals surface area contributed by atoms with Gasteiger partial charge in [0.1, 0.15) is 0 Å². The van der Waals surface area contributed by atoms with Gasteiger partial charge in [0.05, 0.1) is 11.3 Å². The number of carbonyl (C=O) groups excluding carboxylic acids is 2. The summed E-state index contributed by atoms with van der Waals surface area (Å²) in [5.74, 6) is -5.26. The van der Waals surface area contributed by atoms with Crippen molar-refractivity contribution in [1.82, 2.24) is 0 Å². The van der Waals surface area contributed by atoms with Crippen molar-refractivity contribution in [2.24, 2.45) is 11.3 Å². The lowest BCUT2D eigenvalue weighted by molar-refractivity contribution is -0.184. The molecule has 0 aromatic heterocycles. The zero-order valence-electron chi connectivity index (χ0n) is 7.60. The summed E-state index contributed by atoms with van der Waals surface area (Å²) >= 11 is 0. The van der Waals surface area contributed by atoms with Crippen LogP contribution in [-0.4, -0.2) is 27.6 Å². The highest BCUT2D eigenvalue weighted by atomic mass is 16.5. The number of fused-ring (bicyclic) bond motifs is 1. The van der Waals surface area contributed by atoms with Gasteiger partial charge in [0.2, 0.25) is 11.6 Å². The third kappa shape index (κ3) is 0.844. The van der Waals surface area contributed by atoms with Gasteiger partial charge in [0, 0.05) is 0 Å². The largest absolute Gasteiger partial charge is 0.354 e. The molecule has 0 aromatic carbocycles. The molecule has 2 rings (SSSR count). The van der Waals surface area contributed by atoms with Gasteiger partial charge in [-0.2, -0.15) is 0 Å². The van der Waals surface area contributed by atoms with Crippen molar-refractivity contribution in [2.75, 3.05) is 0 Å². The van der Waals surface area contributed by atoms with Gasteiger partial charge in [-0.1, -0.05) is 24.3 Å². The van der Waals surface area contributed by atoms with E-state index in [1.165, 1.54) is 19.1 Å². The van der Waals surface area contributed by atoms with Crippen LogP contribution in [0.1, 0.15) is 6.92 Å². The highest BCUT2D eigenvalue weighted by Gasteiger charge is 2.64. The van der Waals surface area contributed by atoms with E-state index < -0.39 is 28.7 Å². The predicted molar refractivity (Wildman–Crippen MR) is 47.1 cm³/mol. The lowest BCUT2D eigenvalue weighted by Crippen LogP contribution is -2.43. The lowest BCUT2D eigenvalue weighted by Gasteiger charge is -2.24. The molecule has 14 heavy (non-hydrogen) atoms. The zero-order chi connectivity index (χ0) is 10.6. The molecule has 2 N–H and O–H groups in total. The molecular formula is C10H10O4. The SMILES string of the molecule is CC12C=CC=CC1C(=O)C(O)(O)C2=O. The minimum atomic E-state index is -2.82. The number of hydrogen-bond donors (Lipinski definition) is 2. The Morgan fingerprint density at radius 3 is 2.50 bits per heavy atom. The monoisotopic (exact) mass is 194 g/mol. The van der Waals surface area contributed by atoms with Crippen molar-refractivity contribution in [3.8, 4) is 0 Å². The van der Waals surface area contributed by atoms with E-state index in [0.717, 1.165) is 0 Å². The van der Waals surface area contributed by atoms with Crippen molar-refractivity contribution in [2.45, 2.75) is 12.7 Å². The van der Waals surface area contributed by atoms with Crippen LogP contribution >= 0.6 is 0 Å². The van der Waals surface area contributed by atoms with Gasteiger partial charge in [0.15, 0.2) is 0 Å². The topological polar surface area (TPSA) is 74.6 Å². The van der Waals surface area contributed by atoms with Gasteiger partial charge in [-0.05, 0) is 6.92 Å². The fraction of sp³-hybridized carbons (Fsp3) is 0.400. The van der Waals surface area contributed by atoms with Crippen molar-refractivity contribution in [3.63, 3.8) is 0 Å². The first kappa shape index (κ1) is 9.30. The van der Waals surface area contributed by atoms with Crippen LogP contribution in [0.5, 0.6) is 0 Å². The summed E-state index contributed by atoms with van der Waals surface area (Å²) in [7, 11) is 0. The molecule has 0 radical (unpaired) electrons. The number of carbonyl (C=O) groups is 2. The summed E-state index contributed by atoms with van der Waals surface area (Å²) in [6.07, 6.45) is 6.31. The van der Waals surface area contributed by atoms with Gasteiger partial charge >= 0.3 is 0 Å². The molecule has 4 heteroatoms. The van der Waals surface area contributed by atoms with Crippen LogP contribution < -0.4 is 0 Å². The fourth-order valence-corrected chi connectivity index (χ4v) is 2.02. The number of Topliss-reactive ketones (excluding diaryl/α,β-unsaturated/α-hetero) is 2. The standard InChI is InChI=1S/C10H10O4/c1-9-5-3-2-4-6(9)7(11)10(13,14)8(9)12/h2-6,13-14H,1H3. The Hall–Kier alpha value is -1.26. The third-order valence-electron chi connectivity index (χ3n) is 2.94. The Kier molecular flexibility index (Phi) is 1.60. The summed E-state index contributed by atoms with van der Waals surface area (Å²) in [5.41, 5.74) is -1.10. The van der Waals surface area contributed by atoms with Crippen LogP contribution in [-0.2, 0) is 9.59 Å². The Labute approximate surface area is 80.5 Å². The van der Waals surface area contributed by atoms with Crippen molar-refractivity contribution in [3.05, 3.63) is 24.3 Å². The second-order valence-electron chi connectivity index (χ2n) is 3.87. The molecule has 0 aliphatic heterocycles. The first-order valence-electron chi connectivity index (χ1n) is 4.30. The van der Waals surface area contributed by atoms with Crippen molar-refractivity contribution in [1.29, 1.82) is 0 Å². The van der Waals surface area contributed by atoms with Crippen molar-refractivity contribution >= 4 is 11.6 Å². The van der Waals surface area contributed by atoms with Crippen molar-refractivity contribution < 1.29 is 19.8 Å². The molecule has 0 spiro atoms. The number of ketones is 2. The van der Waals surface area contributed by atoms with Gasteiger partial charge in [0.25, 0.3) is 5.79 Å². The highest BCUT2D eigenvalue weighted by Crippen LogP contribution is 2.45. The molecule has 0 heterocycles. The molecule has 0 bridgehead atoms. The first-order valence-corrected chi connectivity index (χ1v) is 4.30. The third-order valence-corrected chi connectivity index (χ3v) is 2.94. The number of allylic oxidation sites excluding steroid dienone is 4. The molecule has 2 atom stereocenters. The summed E-state index contributed by atoms with van der Waals surface area (Å²) < 4.78 is 0. The second kappa shape index (κ2) is 2.40. The maximum absolute atomic E-state index is 11.6. The predicted octanol–water partition coefficient (Wildman–Crippen LogP) is -0.432. The maximum Gasteiger partial charge on any atom is 0.287 e. The fourth-order valence-electron chi connectivity index (χ4n) is 2.02. The molecule has 2 aliphatic carbocycles. The average molecular weight is 194 g/mol.